The molecule has 0 aliphatic heterocycles. The highest BCUT2D eigenvalue weighted by Crippen LogP contribution is 2.28. The fourth-order valence-electron chi connectivity index (χ4n) is 3.26. The summed E-state index contributed by atoms with van der Waals surface area (Å²) in [6.07, 6.45) is 8.24. The largest absolute Gasteiger partial charge is 0.499 e. The van der Waals surface area contributed by atoms with E-state index in [1.54, 1.807) is 12.3 Å². The van der Waals surface area contributed by atoms with E-state index in [0.29, 0.717) is 25.9 Å². The number of aryl methyl sites for hydroxylation is 2. The smallest absolute Gasteiger partial charge is 0.128 e. The molecule has 0 radical (unpaired) electrons. The van der Waals surface area contributed by atoms with Crippen LogP contribution in [0.25, 0.3) is 11.1 Å². The Morgan fingerprint density at radius 2 is 1.86 bits per heavy atom. The minimum atomic E-state index is -0.216. The molecule has 0 N–H and O–H groups in total. The molecule has 3 rings (SSSR count). The van der Waals surface area contributed by atoms with Gasteiger partial charge in [-0.05, 0) is 48.2 Å². The lowest BCUT2D eigenvalue weighted by molar-refractivity contribution is 0.220. The molecule has 0 atom stereocenters. The van der Waals surface area contributed by atoms with Crippen LogP contribution >= 0.6 is 0 Å². The molecule has 0 saturated carbocycles. The first-order valence-corrected chi connectivity index (χ1v) is 9.93. The molecule has 0 spiro atoms. The summed E-state index contributed by atoms with van der Waals surface area (Å²) in [5, 5.41) is 0. The molecule has 29 heavy (non-hydrogen) atoms. The van der Waals surface area contributed by atoms with E-state index in [4.69, 9.17) is 4.74 Å². The van der Waals surface area contributed by atoms with Gasteiger partial charge >= 0.3 is 0 Å². The first-order chi connectivity index (χ1) is 14.1. The molecule has 2 heterocycles. The molecule has 0 amide bonds. The zero-order valence-corrected chi connectivity index (χ0v) is 17.0. The minimum Gasteiger partial charge on any atom is -0.499 e. The topological polar surface area (TPSA) is 47.9 Å². The van der Waals surface area contributed by atoms with Crippen LogP contribution in [-0.2, 0) is 24.0 Å². The monoisotopic (exact) mass is 391 g/mol. The maximum absolute atomic E-state index is 13.6. The molecular weight excluding hydrogens is 365 g/mol. The second kappa shape index (κ2) is 9.92. The highest BCUT2D eigenvalue weighted by atomic mass is 19.1. The number of hydrogen-bond acceptors (Lipinski definition) is 4. The number of allylic oxidation sites excluding steroid dienone is 1. The third-order valence-electron chi connectivity index (χ3n) is 4.73. The average molecular weight is 391 g/mol. The van der Waals surface area contributed by atoms with Gasteiger partial charge in [-0.3, -0.25) is 4.98 Å². The number of nitrogens with zero attached hydrogens (tertiary/aromatic N) is 3. The van der Waals surface area contributed by atoms with Crippen molar-refractivity contribution in [1.29, 1.82) is 0 Å². The van der Waals surface area contributed by atoms with Crippen molar-refractivity contribution < 1.29 is 9.13 Å². The molecule has 4 nitrogen and oxygen atoms in total. The predicted molar refractivity (Wildman–Crippen MR) is 113 cm³/mol. The minimum absolute atomic E-state index is 0.216. The van der Waals surface area contributed by atoms with Crippen LogP contribution < -0.4 is 0 Å². The summed E-state index contributed by atoms with van der Waals surface area (Å²) < 4.78 is 19.0. The lowest BCUT2D eigenvalue weighted by atomic mass is 9.95. The molecule has 1 aromatic carbocycles. The van der Waals surface area contributed by atoms with Crippen LogP contribution in [0.3, 0.4) is 0 Å². The first kappa shape index (κ1) is 20.6. The van der Waals surface area contributed by atoms with E-state index in [9.17, 15) is 4.39 Å². The van der Waals surface area contributed by atoms with Gasteiger partial charge in [-0.15, -0.1) is 0 Å². The van der Waals surface area contributed by atoms with Gasteiger partial charge in [0.2, 0.25) is 0 Å². The second-order valence-corrected chi connectivity index (χ2v) is 6.81. The maximum atomic E-state index is 13.6. The zero-order valence-electron chi connectivity index (χ0n) is 17.0. The zero-order chi connectivity index (χ0) is 20.6. The van der Waals surface area contributed by atoms with Crippen LogP contribution in [0.2, 0.25) is 0 Å². The second-order valence-electron chi connectivity index (χ2n) is 6.81. The summed E-state index contributed by atoms with van der Waals surface area (Å²) in [4.78, 5) is 13.5. The van der Waals surface area contributed by atoms with E-state index in [2.05, 4.69) is 21.5 Å². The van der Waals surface area contributed by atoms with E-state index in [-0.39, 0.29) is 5.82 Å². The Morgan fingerprint density at radius 1 is 1.07 bits per heavy atom. The Morgan fingerprint density at radius 3 is 2.59 bits per heavy atom. The highest BCUT2D eigenvalue weighted by molar-refractivity contribution is 5.70. The average Bonchev–Trinajstić information content (AvgIpc) is 2.74. The third kappa shape index (κ3) is 5.47. The molecule has 0 saturated heterocycles. The molecule has 0 aliphatic rings. The summed E-state index contributed by atoms with van der Waals surface area (Å²) in [7, 11) is 0. The van der Waals surface area contributed by atoms with E-state index in [1.165, 1.54) is 6.07 Å². The lowest BCUT2D eigenvalue weighted by Crippen LogP contribution is -2.02. The summed E-state index contributed by atoms with van der Waals surface area (Å²) in [6, 6.07) is 8.87. The van der Waals surface area contributed by atoms with Gasteiger partial charge in [0.25, 0.3) is 0 Å². The van der Waals surface area contributed by atoms with Gasteiger partial charge < -0.3 is 4.74 Å². The van der Waals surface area contributed by atoms with Gasteiger partial charge in [-0.25, -0.2) is 14.4 Å². The number of benzene rings is 1. The van der Waals surface area contributed by atoms with Crippen LogP contribution in [0.4, 0.5) is 4.39 Å². The van der Waals surface area contributed by atoms with Crippen LogP contribution in [0.1, 0.15) is 42.9 Å². The van der Waals surface area contributed by atoms with Crippen molar-refractivity contribution >= 4 is 0 Å². The van der Waals surface area contributed by atoms with Gasteiger partial charge in [-0.1, -0.05) is 25.6 Å². The molecular formula is C24H26FN3O. The van der Waals surface area contributed by atoms with Crippen molar-refractivity contribution in [2.45, 2.75) is 39.5 Å². The van der Waals surface area contributed by atoms with E-state index in [1.807, 2.05) is 44.4 Å². The van der Waals surface area contributed by atoms with Gasteiger partial charge in [0.05, 0.1) is 18.1 Å². The van der Waals surface area contributed by atoms with Crippen molar-refractivity contribution in [3.63, 3.8) is 0 Å². The van der Waals surface area contributed by atoms with Gasteiger partial charge in [0.1, 0.15) is 11.6 Å². The molecule has 3 aromatic rings. The SMILES string of the molecule is C=C(CCc1ncc(Cc2ncccc2-c2ccc(F)cc2CC)cn1)OCC. The predicted octanol–water partition coefficient (Wildman–Crippen LogP) is 5.31. The Labute approximate surface area is 171 Å². The maximum Gasteiger partial charge on any atom is 0.128 e. The molecule has 0 bridgehead atoms. The standard InChI is InChI=1S/C24H26FN3O/c1-4-19-14-20(25)9-10-21(19)22-7-6-12-26-23(22)13-18-15-27-24(28-16-18)11-8-17(3)29-5-2/h6-7,9-10,12,14-16H,3-5,8,11,13H2,1-2H3. The van der Waals surface area contributed by atoms with Gasteiger partial charge in [0.15, 0.2) is 0 Å². The van der Waals surface area contributed by atoms with E-state index >= 15 is 0 Å². The lowest BCUT2D eigenvalue weighted by Gasteiger charge is -2.13. The number of ether oxygens (including phenoxy) is 1. The van der Waals surface area contributed by atoms with Crippen LogP contribution in [-0.4, -0.2) is 21.6 Å². The van der Waals surface area contributed by atoms with Crippen molar-refractivity contribution in [3.8, 4) is 11.1 Å². The van der Waals surface area contributed by atoms with Crippen LogP contribution in [0.15, 0.2) is 61.3 Å². The van der Waals surface area contributed by atoms with Gasteiger partial charge in [-0.2, -0.15) is 0 Å². The summed E-state index contributed by atoms with van der Waals surface area (Å²) in [5.41, 5.74) is 4.91. The van der Waals surface area contributed by atoms with Crippen LogP contribution in [0, 0.1) is 5.82 Å². The summed E-state index contributed by atoms with van der Waals surface area (Å²) in [5.74, 6) is 1.30. The number of aromatic nitrogens is 3. The van der Waals surface area contributed by atoms with E-state index < -0.39 is 0 Å². The molecule has 2 aromatic heterocycles. The van der Waals surface area contributed by atoms with Crippen LogP contribution in [0.5, 0.6) is 0 Å². The summed E-state index contributed by atoms with van der Waals surface area (Å²) in [6.45, 7) is 8.48. The summed E-state index contributed by atoms with van der Waals surface area (Å²) >= 11 is 0. The quantitative estimate of drug-likeness (QED) is 0.464. The third-order valence-corrected chi connectivity index (χ3v) is 4.73. The Hall–Kier alpha value is -3.08. The van der Waals surface area contributed by atoms with Crippen molar-refractivity contribution in [2.75, 3.05) is 6.61 Å². The molecule has 150 valence electrons. The normalized spacial score (nSPS) is 10.7. The number of halogens is 1. The number of hydrogen-bond donors (Lipinski definition) is 0. The number of pyridine rings is 1. The van der Waals surface area contributed by atoms with E-state index in [0.717, 1.165) is 46.0 Å². The highest BCUT2D eigenvalue weighted by Gasteiger charge is 2.12. The molecule has 0 aliphatic carbocycles. The fraction of sp³-hybridized carbons (Fsp3) is 0.292. The molecule has 5 heteroatoms. The molecule has 0 fully saturated rings. The van der Waals surface area contributed by atoms with Crippen molar-refractivity contribution in [3.05, 3.63) is 89.7 Å². The van der Waals surface area contributed by atoms with Crippen molar-refractivity contribution in [2.24, 2.45) is 0 Å². The fourth-order valence-corrected chi connectivity index (χ4v) is 3.26. The Bertz CT molecular complexity index is 970. The Balaban J connectivity index is 1.77. The molecule has 0 unspecified atom stereocenters. The Kier molecular flexibility index (Phi) is 7.06. The number of rotatable bonds is 9. The van der Waals surface area contributed by atoms with Crippen molar-refractivity contribution in [1.82, 2.24) is 15.0 Å². The first-order valence-electron chi connectivity index (χ1n) is 9.93. The van der Waals surface area contributed by atoms with Gasteiger partial charge in [0, 0.05) is 43.4 Å².